The molecule has 124 valence electrons. The van der Waals surface area contributed by atoms with Crippen LogP contribution in [-0.2, 0) is 16.2 Å². The van der Waals surface area contributed by atoms with Crippen molar-refractivity contribution in [1.82, 2.24) is 19.5 Å². The second kappa shape index (κ2) is 6.94. The Morgan fingerprint density at radius 3 is 2.67 bits per heavy atom. The first kappa shape index (κ1) is 16.4. The van der Waals surface area contributed by atoms with Gasteiger partial charge in [0, 0.05) is 12.7 Å². The summed E-state index contributed by atoms with van der Waals surface area (Å²) in [6.45, 7) is 2.37. The SMILES string of the molecule is CCOC(=O)c1ccc(-c2nc3cnc(Cl)nc3n2COC)cc1. The van der Waals surface area contributed by atoms with E-state index in [0.717, 1.165) is 5.56 Å². The van der Waals surface area contributed by atoms with Gasteiger partial charge in [-0.25, -0.2) is 14.8 Å². The van der Waals surface area contributed by atoms with Gasteiger partial charge in [0.05, 0.1) is 18.4 Å². The summed E-state index contributed by atoms with van der Waals surface area (Å²) in [7, 11) is 1.59. The molecular formula is C16H15ClN4O3. The van der Waals surface area contributed by atoms with Gasteiger partial charge in [-0.15, -0.1) is 0 Å². The van der Waals surface area contributed by atoms with Crippen LogP contribution in [0.4, 0.5) is 0 Å². The molecule has 0 aliphatic rings. The van der Waals surface area contributed by atoms with E-state index in [1.165, 1.54) is 0 Å². The average molecular weight is 347 g/mol. The number of benzene rings is 1. The van der Waals surface area contributed by atoms with E-state index in [-0.39, 0.29) is 18.0 Å². The van der Waals surface area contributed by atoms with Gasteiger partial charge in [-0.1, -0.05) is 12.1 Å². The van der Waals surface area contributed by atoms with Crippen LogP contribution in [0.5, 0.6) is 0 Å². The Labute approximate surface area is 143 Å². The van der Waals surface area contributed by atoms with E-state index in [4.69, 9.17) is 21.1 Å². The first-order valence-electron chi connectivity index (χ1n) is 7.29. The van der Waals surface area contributed by atoms with E-state index in [1.54, 1.807) is 49.1 Å². The van der Waals surface area contributed by atoms with E-state index in [9.17, 15) is 4.79 Å². The van der Waals surface area contributed by atoms with Crippen molar-refractivity contribution >= 4 is 28.7 Å². The molecule has 0 aliphatic carbocycles. The molecule has 2 aromatic heterocycles. The van der Waals surface area contributed by atoms with Crippen molar-refractivity contribution < 1.29 is 14.3 Å². The highest BCUT2D eigenvalue weighted by molar-refractivity contribution is 6.28. The first-order valence-corrected chi connectivity index (χ1v) is 7.67. The number of hydrogen-bond donors (Lipinski definition) is 0. The zero-order chi connectivity index (χ0) is 17.1. The fourth-order valence-corrected chi connectivity index (χ4v) is 2.47. The number of carbonyl (C=O) groups is 1. The van der Waals surface area contributed by atoms with Crippen molar-refractivity contribution in [3.05, 3.63) is 41.3 Å². The number of methoxy groups -OCH3 is 1. The van der Waals surface area contributed by atoms with E-state index in [1.807, 2.05) is 0 Å². The minimum absolute atomic E-state index is 0.143. The zero-order valence-corrected chi connectivity index (χ0v) is 13.9. The molecule has 0 atom stereocenters. The van der Waals surface area contributed by atoms with Crippen LogP contribution in [0.15, 0.2) is 30.5 Å². The molecule has 7 nitrogen and oxygen atoms in total. The Morgan fingerprint density at radius 1 is 1.25 bits per heavy atom. The number of rotatable bonds is 5. The minimum Gasteiger partial charge on any atom is -0.462 e. The molecule has 0 fully saturated rings. The summed E-state index contributed by atoms with van der Waals surface area (Å²) in [6.07, 6.45) is 1.56. The van der Waals surface area contributed by atoms with E-state index >= 15 is 0 Å². The number of imidazole rings is 1. The van der Waals surface area contributed by atoms with Crippen LogP contribution in [0.25, 0.3) is 22.6 Å². The van der Waals surface area contributed by atoms with Crippen LogP contribution in [0, 0.1) is 0 Å². The molecule has 0 saturated carbocycles. The summed E-state index contributed by atoms with van der Waals surface area (Å²) >= 11 is 5.88. The number of fused-ring (bicyclic) bond motifs is 1. The van der Waals surface area contributed by atoms with E-state index in [0.29, 0.717) is 29.2 Å². The fourth-order valence-electron chi connectivity index (χ4n) is 2.34. The predicted octanol–water partition coefficient (Wildman–Crippen LogP) is 2.93. The molecule has 24 heavy (non-hydrogen) atoms. The van der Waals surface area contributed by atoms with Gasteiger partial charge in [0.1, 0.15) is 18.1 Å². The van der Waals surface area contributed by atoms with E-state index in [2.05, 4.69) is 15.0 Å². The van der Waals surface area contributed by atoms with Crippen molar-refractivity contribution in [3.8, 4) is 11.4 Å². The highest BCUT2D eigenvalue weighted by atomic mass is 35.5. The highest BCUT2D eigenvalue weighted by Gasteiger charge is 2.15. The van der Waals surface area contributed by atoms with Gasteiger partial charge in [0.2, 0.25) is 5.28 Å². The Bertz CT molecular complexity index is 877. The van der Waals surface area contributed by atoms with Gasteiger partial charge in [0.15, 0.2) is 5.65 Å². The molecule has 0 saturated heterocycles. The maximum Gasteiger partial charge on any atom is 0.338 e. The van der Waals surface area contributed by atoms with Crippen molar-refractivity contribution in [2.24, 2.45) is 0 Å². The standard InChI is InChI=1S/C16H15ClN4O3/c1-3-24-15(22)11-6-4-10(5-7-11)13-19-12-8-18-16(17)20-14(12)21(13)9-23-2/h4-8H,3,9H2,1-2H3. The van der Waals surface area contributed by atoms with Crippen LogP contribution >= 0.6 is 11.6 Å². The number of nitrogens with zero attached hydrogens (tertiary/aromatic N) is 4. The number of aromatic nitrogens is 4. The van der Waals surface area contributed by atoms with Crippen LogP contribution in [0.1, 0.15) is 17.3 Å². The lowest BCUT2D eigenvalue weighted by molar-refractivity contribution is 0.0526. The molecule has 1 aromatic carbocycles. The molecular weight excluding hydrogens is 332 g/mol. The second-order valence-corrected chi connectivity index (χ2v) is 5.26. The lowest BCUT2D eigenvalue weighted by Crippen LogP contribution is -2.05. The molecule has 0 bridgehead atoms. The van der Waals surface area contributed by atoms with Crippen LogP contribution in [0.3, 0.4) is 0 Å². The van der Waals surface area contributed by atoms with Gasteiger partial charge in [-0.05, 0) is 30.7 Å². The van der Waals surface area contributed by atoms with Crippen molar-refractivity contribution in [3.63, 3.8) is 0 Å². The van der Waals surface area contributed by atoms with Crippen LogP contribution in [-0.4, -0.2) is 39.2 Å². The number of hydrogen-bond acceptors (Lipinski definition) is 6. The summed E-state index contributed by atoms with van der Waals surface area (Å²) < 4.78 is 12.0. The summed E-state index contributed by atoms with van der Waals surface area (Å²) in [5, 5.41) is 0.143. The Hall–Kier alpha value is -2.51. The Kier molecular flexibility index (Phi) is 4.73. The average Bonchev–Trinajstić information content (AvgIpc) is 2.94. The maximum atomic E-state index is 11.7. The third-order valence-electron chi connectivity index (χ3n) is 3.37. The largest absolute Gasteiger partial charge is 0.462 e. The summed E-state index contributed by atoms with van der Waals surface area (Å²) in [6, 6.07) is 6.99. The van der Waals surface area contributed by atoms with Gasteiger partial charge >= 0.3 is 5.97 Å². The molecule has 0 spiro atoms. The predicted molar refractivity (Wildman–Crippen MR) is 88.7 cm³/mol. The number of esters is 1. The Balaban J connectivity index is 2.05. The van der Waals surface area contributed by atoms with Crippen LogP contribution in [0.2, 0.25) is 5.28 Å². The molecule has 0 radical (unpaired) electrons. The summed E-state index contributed by atoms with van der Waals surface area (Å²) in [5.74, 6) is 0.297. The minimum atomic E-state index is -0.355. The van der Waals surface area contributed by atoms with E-state index < -0.39 is 0 Å². The molecule has 0 aliphatic heterocycles. The smallest absolute Gasteiger partial charge is 0.338 e. The summed E-state index contributed by atoms with van der Waals surface area (Å²) in [4.78, 5) is 24.4. The first-order chi connectivity index (χ1) is 11.6. The van der Waals surface area contributed by atoms with Crippen molar-refractivity contribution in [2.75, 3.05) is 13.7 Å². The third kappa shape index (κ3) is 3.08. The molecule has 0 N–H and O–H groups in total. The Morgan fingerprint density at radius 2 is 2.00 bits per heavy atom. The zero-order valence-electron chi connectivity index (χ0n) is 13.2. The number of halogens is 1. The maximum absolute atomic E-state index is 11.7. The molecule has 0 unspecified atom stereocenters. The van der Waals surface area contributed by atoms with Gasteiger partial charge in [-0.3, -0.25) is 4.57 Å². The second-order valence-electron chi connectivity index (χ2n) is 4.93. The molecule has 0 amide bonds. The highest BCUT2D eigenvalue weighted by Crippen LogP contribution is 2.24. The van der Waals surface area contributed by atoms with Gasteiger partial charge < -0.3 is 9.47 Å². The number of ether oxygens (including phenoxy) is 2. The number of carbonyl (C=O) groups excluding carboxylic acids is 1. The summed E-state index contributed by atoms with van der Waals surface area (Å²) in [5.41, 5.74) is 2.49. The van der Waals surface area contributed by atoms with Crippen molar-refractivity contribution in [1.29, 1.82) is 0 Å². The third-order valence-corrected chi connectivity index (χ3v) is 3.55. The molecule has 8 heteroatoms. The fraction of sp³-hybridized carbons (Fsp3) is 0.250. The van der Waals surface area contributed by atoms with Crippen molar-refractivity contribution in [2.45, 2.75) is 13.7 Å². The van der Waals surface area contributed by atoms with Gasteiger partial charge in [-0.2, -0.15) is 4.98 Å². The lowest BCUT2D eigenvalue weighted by Gasteiger charge is -2.08. The molecule has 2 heterocycles. The lowest BCUT2D eigenvalue weighted by atomic mass is 10.1. The van der Waals surface area contributed by atoms with Crippen LogP contribution < -0.4 is 0 Å². The monoisotopic (exact) mass is 346 g/mol. The quantitative estimate of drug-likeness (QED) is 0.522. The topological polar surface area (TPSA) is 79.1 Å². The normalized spacial score (nSPS) is 11.0. The molecule has 3 aromatic rings. The molecule has 3 rings (SSSR count). The van der Waals surface area contributed by atoms with Gasteiger partial charge in [0.25, 0.3) is 0 Å².